The quantitative estimate of drug-likeness (QED) is 0.142. The van der Waals surface area contributed by atoms with Gasteiger partial charge >= 0.3 is 0 Å². The van der Waals surface area contributed by atoms with Crippen LogP contribution in [0.5, 0.6) is 0 Å². The van der Waals surface area contributed by atoms with E-state index in [0.717, 1.165) is 45.3 Å². The van der Waals surface area contributed by atoms with Gasteiger partial charge in [-0.05, 0) is 139 Å². The predicted octanol–water partition coefficient (Wildman–Crippen LogP) is 20.5. The van der Waals surface area contributed by atoms with E-state index in [4.69, 9.17) is 0 Å². The lowest BCUT2D eigenvalue weighted by atomic mass is 9.66. The SMILES string of the molecule is c1ccc(N(c2cc(-c3ccc4c(c3)C(c3ccccc3)(c3ccccc3)c3c-4ccc4ccccc34)cc(N(c3ccc4sc5ccccc5c4c3)c3cccc4ccccc34)c2)c2cccc3ccccc23)cc1. The fourth-order valence-electron chi connectivity index (χ4n) is 12.6. The summed E-state index contributed by atoms with van der Waals surface area (Å²) in [6, 6.07) is 108. The first-order valence-electron chi connectivity index (χ1n) is 26.1. The number of fused-ring (bicyclic) bond motifs is 10. The molecule has 0 saturated heterocycles. The topological polar surface area (TPSA) is 6.48 Å². The Kier molecular flexibility index (Phi) is 10.3. The average Bonchev–Trinajstić information content (AvgIpc) is 4.03. The number of thiophene rings is 1. The van der Waals surface area contributed by atoms with E-state index < -0.39 is 5.41 Å². The number of anilines is 6. The van der Waals surface area contributed by atoms with Crippen molar-refractivity contribution in [2.45, 2.75) is 5.41 Å². The van der Waals surface area contributed by atoms with Crippen LogP contribution in [-0.2, 0) is 5.41 Å². The van der Waals surface area contributed by atoms with E-state index in [-0.39, 0.29) is 0 Å². The largest absolute Gasteiger partial charge is 0.310 e. The Hall–Kier alpha value is -9.54. The highest BCUT2D eigenvalue weighted by atomic mass is 32.1. The van der Waals surface area contributed by atoms with Crippen LogP contribution in [0.4, 0.5) is 34.1 Å². The van der Waals surface area contributed by atoms with E-state index in [1.165, 1.54) is 85.9 Å². The van der Waals surface area contributed by atoms with Gasteiger partial charge in [0.25, 0.3) is 0 Å². The molecule has 0 radical (unpaired) electrons. The van der Waals surface area contributed by atoms with Gasteiger partial charge in [-0.3, -0.25) is 0 Å². The monoisotopic (exact) mass is 984 g/mol. The second-order valence-corrected chi connectivity index (χ2v) is 21.1. The minimum atomic E-state index is -0.614. The number of rotatable bonds is 9. The molecule has 0 fully saturated rings. The number of hydrogen-bond donors (Lipinski definition) is 0. The Morgan fingerprint density at radius 2 is 0.776 bits per heavy atom. The Bertz CT molecular complexity index is 4490. The molecule has 1 heterocycles. The van der Waals surface area contributed by atoms with Crippen molar-refractivity contribution >= 4 is 98.0 Å². The highest BCUT2D eigenvalue weighted by molar-refractivity contribution is 7.25. The van der Waals surface area contributed by atoms with Crippen molar-refractivity contribution in [2.75, 3.05) is 9.80 Å². The van der Waals surface area contributed by atoms with Gasteiger partial charge in [0, 0.05) is 53.7 Å². The molecule has 0 amide bonds. The third kappa shape index (κ3) is 6.94. The van der Waals surface area contributed by atoms with Crippen LogP contribution in [0.2, 0.25) is 0 Å². The first-order valence-corrected chi connectivity index (χ1v) is 27.0. The Morgan fingerprint density at radius 1 is 0.276 bits per heavy atom. The maximum Gasteiger partial charge on any atom is 0.0719 e. The number of hydrogen-bond acceptors (Lipinski definition) is 3. The number of para-hydroxylation sites is 1. The minimum absolute atomic E-state index is 0.614. The van der Waals surface area contributed by atoms with Gasteiger partial charge in [0.05, 0.1) is 16.8 Å². The van der Waals surface area contributed by atoms with Crippen LogP contribution in [0.15, 0.2) is 291 Å². The van der Waals surface area contributed by atoms with Gasteiger partial charge in [-0.25, -0.2) is 0 Å². The van der Waals surface area contributed by atoms with Crippen molar-refractivity contribution in [1.29, 1.82) is 0 Å². The van der Waals surface area contributed by atoms with Crippen molar-refractivity contribution in [3.8, 4) is 22.3 Å². The molecule has 15 rings (SSSR count). The Labute approximate surface area is 446 Å². The molecule has 0 N–H and O–H groups in total. The minimum Gasteiger partial charge on any atom is -0.310 e. The van der Waals surface area contributed by atoms with Gasteiger partial charge in [-0.15, -0.1) is 11.3 Å². The molecule has 0 atom stereocenters. The van der Waals surface area contributed by atoms with Crippen LogP contribution >= 0.6 is 11.3 Å². The smallest absolute Gasteiger partial charge is 0.0719 e. The standard InChI is InChI=1S/C73H48N2S/c1-4-25-54(26-5-1)73(55-27-6-2-7-28-55)67-46-52(39-41-63(67)65-42-38-51-22-12-15-33-62(51)72(65)73)53-44-58(74(56-29-8-3-9-30-56)68-35-18-23-49-20-10-13-31-60(49)68)47-59(45-53)75(69-36-19-24-50-21-11-14-32-61(50)69)57-40-43-71-66(48-57)64-34-16-17-37-70(64)76-71/h1-48H. The van der Waals surface area contributed by atoms with Crippen LogP contribution < -0.4 is 9.80 Å². The van der Waals surface area contributed by atoms with Gasteiger partial charge in [0.2, 0.25) is 0 Å². The third-order valence-electron chi connectivity index (χ3n) is 15.8. The zero-order chi connectivity index (χ0) is 50.2. The molecule has 1 aromatic heterocycles. The van der Waals surface area contributed by atoms with Gasteiger partial charge in [0.1, 0.15) is 0 Å². The summed E-state index contributed by atoms with van der Waals surface area (Å²) in [5, 5.41) is 9.77. The summed E-state index contributed by atoms with van der Waals surface area (Å²) in [6.07, 6.45) is 0. The molecule has 0 spiro atoms. The summed E-state index contributed by atoms with van der Waals surface area (Å²) in [5.74, 6) is 0. The van der Waals surface area contributed by atoms with E-state index >= 15 is 0 Å². The maximum atomic E-state index is 2.52. The third-order valence-corrected chi connectivity index (χ3v) is 17.0. The molecule has 356 valence electrons. The highest BCUT2D eigenvalue weighted by Crippen LogP contribution is 2.59. The summed E-state index contributed by atoms with van der Waals surface area (Å²) in [4.78, 5) is 4.96. The predicted molar refractivity (Wildman–Crippen MR) is 324 cm³/mol. The lowest BCUT2D eigenvalue weighted by Gasteiger charge is -2.35. The fraction of sp³-hybridized carbons (Fsp3) is 0.0137. The summed E-state index contributed by atoms with van der Waals surface area (Å²) >= 11 is 1.86. The fourth-order valence-corrected chi connectivity index (χ4v) is 13.6. The molecule has 2 nitrogen and oxygen atoms in total. The van der Waals surface area contributed by atoms with Gasteiger partial charge in [-0.1, -0.05) is 218 Å². The van der Waals surface area contributed by atoms with Crippen molar-refractivity contribution in [2.24, 2.45) is 0 Å². The van der Waals surface area contributed by atoms with Crippen molar-refractivity contribution in [1.82, 2.24) is 0 Å². The molecule has 1 aliphatic carbocycles. The van der Waals surface area contributed by atoms with E-state index in [2.05, 4.69) is 301 Å². The molecule has 14 aromatic rings. The van der Waals surface area contributed by atoms with Crippen LogP contribution in [-0.4, -0.2) is 0 Å². The second kappa shape index (κ2) is 17.8. The molecule has 0 saturated carbocycles. The zero-order valence-corrected chi connectivity index (χ0v) is 42.3. The molecule has 3 heteroatoms. The van der Waals surface area contributed by atoms with E-state index in [0.29, 0.717) is 0 Å². The Morgan fingerprint density at radius 3 is 1.42 bits per heavy atom. The molecule has 0 bridgehead atoms. The first-order chi connectivity index (χ1) is 37.7. The summed E-state index contributed by atoms with van der Waals surface area (Å²) in [5.41, 5.74) is 15.7. The van der Waals surface area contributed by atoms with Gasteiger partial charge < -0.3 is 9.80 Å². The molecule has 0 unspecified atom stereocenters. The second-order valence-electron chi connectivity index (χ2n) is 20.0. The van der Waals surface area contributed by atoms with Gasteiger partial charge in [-0.2, -0.15) is 0 Å². The van der Waals surface area contributed by atoms with E-state index in [1.54, 1.807) is 0 Å². The average molecular weight is 985 g/mol. The van der Waals surface area contributed by atoms with Crippen molar-refractivity contribution in [3.63, 3.8) is 0 Å². The number of benzene rings is 13. The van der Waals surface area contributed by atoms with Crippen LogP contribution in [0.3, 0.4) is 0 Å². The van der Waals surface area contributed by atoms with E-state index in [1.807, 2.05) is 11.3 Å². The lowest BCUT2D eigenvalue weighted by molar-refractivity contribution is 0.776. The van der Waals surface area contributed by atoms with Gasteiger partial charge in [0.15, 0.2) is 0 Å². The summed E-state index contributed by atoms with van der Waals surface area (Å²) in [6.45, 7) is 0. The molecular weight excluding hydrogens is 937 g/mol. The first kappa shape index (κ1) is 44.0. The molecule has 0 aliphatic heterocycles. The lowest BCUT2D eigenvalue weighted by Crippen LogP contribution is -2.28. The highest BCUT2D eigenvalue weighted by Gasteiger charge is 2.47. The van der Waals surface area contributed by atoms with Crippen LogP contribution in [0, 0.1) is 0 Å². The molecule has 1 aliphatic rings. The normalized spacial score (nSPS) is 12.6. The van der Waals surface area contributed by atoms with Crippen LogP contribution in [0.25, 0.3) is 74.7 Å². The zero-order valence-electron chi connectivity index (χ0n) is 41.5. The molecule has 76 heavy (non-hydrogen) atoms. The molecule has 13 aromatic carbocycles. The summed E-state index contributed by atoms with van der Waals surface area (Å²) < 4.78 is 2.56. The number of nitrogens with zero attached hydrogens (tertiary/aromatic N) is 2. The van der Waals surface area contributed by atoms with Crippen molar-refractivity contribution < 1.29 is 0 Å². The van der Waals surface area contributed by atoms with E-state index in [9.17, 15) is 0 Å². The van der Waals surface area contributed by atoms with Crippen LogP contribution in [0.1, 0.15) is 22.3 Å². The Balaban J connectivity index is 1.05. The molecular formula is C73H48N2S. The summed E-state index contributed by atoms with van der Waals surface area (Å²) in [7, 11) is 0. The van der Waals surface area contributed by atoms with Crippen molar-refractivity contribution in [3.05, 3.63) is 313 Å². The maximum absolute atomic E-state index is 2.52.